The van der Waals surface area contributed by atoms with Gasteiger partial charge in [-0.05, 0) is 89.8 Å². The summed E-state index contributed by atoms with van der Waals surface area (Å²) in [4.78, 5) is 1.32. The lowest BCUT2D eigenvalue weighted by Gasteiger charge is -2.07. The first kappa shape index (κ1) is 19.7. The van der Waals surface area contributed by atoms with Gasteiger partial charge in [0.2, 0.25) is 0 Å². The van der Waals surface area contributed by atoms with E-state index in [9.17, 15) is 26.3 Å². The summed E-state index contributed by atoms with van der Waals surface area (Å²) in [6.07, 6.45) is -8.72. The molecule has 0 unspecified atom stereocenters. The SMILES string of the molecule is FC(F)(F)c1ccc(SSSSc2ccc(C(F)(F)F)cc2)cc1. The van der Waals surface area contributed by atoms with E-state index in [1.165, 1.54) is 65.5 Å². The van der Waals surface area contributed by atoms with Crippen LogP contribution in [-0.4, -0.2) is 0 Å². The molecule has 0 atom stereocenters. The zero-order valence-electron chi connectivity index (χ0n) is 11.5. The minimum Gasteiger partial charge on any atom is -0.166 e. The van der Waals surface area contributed by atoms with Gasteiger partial charge in [-0.3, -0.25) is 0 Å². The fraction of sp³-hybridized carbons (Fsp3) is 0.143. The molecule has 0 radical (unpaired) electrons. The summed E-state index contributed by atoms with van der Waals surface area (Å²) >= 11 is 0. The molecule has 0 N–H and O–H groups in total. The second kappa shape index (κ2) is 8.20. The third-order valence-corrected chi connectivity index (χ3v) is 8.73. The van der Waals surface area contributed by atoms with E-state index in [0.29, 0.717) is 9.79 Å². The van der Waals surface area contributed by atoms with Crippen LogP contribution in [0.1, 0.15) is 11.1 Å². The Hall–Kier alpha value is -0.580. The van der Waals surface area contributed by atoms with E-state index in [-0.39, 0.29) is 0 Å². The molecule has 0 heterocycles. The number of rotatable bonds is 5. The van der Waals surface area contributed by atoms with Gasteiger partial charge in [-0.2, -0.15) is 26.3 Å². The molecule has 130 valence electrons. The average Bonchev–Trinajstić information content (AvgIpc) is 2.51. The predicted molar refractivity (Wildman–Crippen MR) is 89.8 cm³/mol. The molecule has 0 fully saturated rings. The molecule has 0 spiro atoms. The van der Waals surface area contributed by atoms with Crippen molar-refractivity contribution in [2.45, 2.75) is 22.1 Å². The Morgan fingerprint density at radius 1 is 0.500 bits per heavy atom. The highest BCUT2D eigenvalue weighted by Gasteiger charge is 2.30. The maximum atomic E-state index is 12.4. The highest BCUT2D eigenvalue weighted by atomic mass is 33.7. The van der Waals surface area contributed by atoms with Crippen molar-refractivity contribution < 1.29 is 26.3 Å². The first-order valence-electron chi connectivity index (χ1n) is 6.18. The maximum Gasteiger partial charge on any atom is 0.416 e. The van der Waals surface area contributed by atoms with Crippen molar-refractivity contribution in [2.24, 2.45) is 0 Å². The molecule has 0 aromatic heterocycles. The number of benzene rings is 2. The topological polar surface area (TPSA) is 0 Å². The molecule has 0 aliphatic heterocycles. The summed E-state index contributed by atoms with van der Waals surface area (Å²) in [5.41, 5.74) is -1.41. The molecule has 0 bridgehead atoms. The van der Waals surface area contributed by atoms with Crippen LogP contribution in [0.15, 0.2) is 58.3 Å². The van der Waals surface area contributed by atoms with Gasteiger partial charge in [0.25, 0.3) is 0 Å². The Kier molecular flexibility index (Phi) is 6.74. The number of halogens is 6. The third-order valence-electron chi connectivity index (χ3n) is 2.65. The smallest absolute Gasteiger partial charge is 0.166 e. The molecule has 0 amide bonds. The van der Waals surface area contributed by atoms with E-state index in [1.54, 1.807) is 0 Å². The summed E-state index contributed by atoms with van der Waals surface area (Å²) in [6.45, 7) is 0. The molecule has 0 saturated carbocycles. The summed E-state index contributed by atoms with van der Waals surface area (Å²) in [5, 5.41) is 0. The van der Waals surface area contributed by atoms with Gasteiger partial charge in [0, 0.05) is 9.79 Å². The van der Waals surface area contributed by atoms with E-state index in [0.717, 1.165) is 24.3 Å². The summed E-state index contributed by atoms with van der Waals surface area (Å²) < 4.78 is 74.6. The van der Waals surface area contributed by atoms with Gasteiger partial charge in [-0.1, -0.05) is 0 Å². The molecule has 0 aliphatic carbocycles. The number of alkyl halides is 6. The zero-order chi connectivity index (χ0) is 17.8. The first-order valence-corrected chi connectivity index (χ1v) is 11.0. The molecule has 0 aliphatic rings. The van der Waals surface area contributed by atoms with Crippen LogP contribution in [0.25, 0.3) is 0 Å². The quantitative estimate of drug-likeness (QED) is 0.276. The van der Waals surface area contributed by atoms with Gasteiger partial charge in [-0.15, -0.1) is 0 Å². The summed E-state index contributed by atoms with van der Waals surface area (Å²) in [7, 11) is 5.19. The molecular weight excluding hydrogens is 410 g/mol. The van der Waals surface area contributed by atoms with Gasteiger partial charge < -0.3 is 0 Å². The first-order chi connectivity index (χ1) is 11.2. The fourth-order valence-corrected chi connectivity index (χ4v) is 6.93. The van der Waals surface area contributed by atoms with Crippen LogP contribution in [0.3, 0.4) is 0 Å². The molecular formula is C14H8F6S4. The number of hydrogen-bond acceptors (Lipinski definition) is 4. The molecule has 0 nitrogen and oxygen atoms in total. The molecule has 0 saturated heterocycles. The van der Waals surface area contributed by atoms with E-state index in [4.69, 9.17) is 0 Å². The van der Waals surface area contributed by atoms with Crippen molar-refractivity contribution in [1.29, 1.82) is 0 Å². The van der Waals surface area contributed by atoms with E-state index >= 15 is 0 Å². The molecule has 24 heavy (non-hydrogen) atoms. The van der Waals surface area contributed by atoms with E-state index in [1.807, 2.05) is 0 Å². The van der Waals surface area contributed by atoms with Crippen molar-refractivity contribution in [3.05, 3.63) is 59.7 Å². The van der Waals surface area contributed by atoms with Crippen LogP contribution in [0.2, 0.25) is 0 Å². The van der Waals surface area contributed by atoms with Crippen LogP contribution in [0.4, 0.5) is 26.3 Å². The largest absolute Gasteiger partial charge is 0.416 e. The van der Waals surface area contributed by atoms with Crippen molar-refractivity contribution in [3.63, 3.8) is 0 Å². The minimum absolute atomic E-state index is 0.661. The minimum atomic E-state index is -4.36. The lowest BCUT2D eigenvalue weighted by molar-refractivity contribution is -0.138. The Morgan fingerprint density at radius 2 is 0.792 bits per heavy atom. The second-order valence-corrected chi connectivity index (χ2v) is 10.2. The highest BCUT2D eigenvalue weighted by molar-refractivity contribution is 9.26. The Bertz CT molecular complexity index is 589. The van der Waals surface area contributed by atoms with Crippen LogP contribution in [0, 0.1) is 0 Å². The lowest BCUT2D eigenvalue weighted by Crippen LogP contribution is -2.03. The van der Waals surface area contributed by atoms with Crippen molar-refractivity contribution in [1.82, 2.24) is 0 Å². The van der Waals surface area contributed by atoms with Crippen LogP contribution < -0.4 is 0 Å². The van der Waals surface area contributed by atoms with Crippen molar-refractivity contribution >= 4 is 41.2 Å². The van der Waals surface area contributed by atoms with Crippen LogP contribution in [0.5, 0.6) is 0 Å². The Balaban J connectivity index is 1.79. The highest BCUT2D eigenvalue weighted by Crippen LogP contribution is 2.49. The van der Waals surface area contributed by atoms with Gasteiger partial charge >= 0.3 is 12.4 Å². The Labute approximate surface area is 149 Å². The van der Waals surface area contributed by atoms with Crippen molar-refractivity contribution in [3.8, 4) is 0 Å². The van der Waals surface area contributed by atoms with Crippen LogP contribution >= 0.6 is 41.2 Å². The monoisotopic (exact) mass is 418 g/mol. The fourth-order valence-electron chi connectivity index (χ4n) is 1.51. The van der Waals surface area contributed by atoms with Gasteiger partial charge in [0.1, 0.15) is 0 Å². The second-order valence-electron chi connectivity index (χ2n) is 4.35. The number of hydrogen-bond donors (Lipinski definition) is 0. The standard InChI is InChI=1S/C14H8F6S4/c15-13(16,17)9-1-5-11(6-2-9)21-23-24-22-12-7-3-10(4-8-12)14(18,19)20/h1-8H. The summed E-state index contributed by atoms with van der Waals surface area (Å²) in [6, 6.07) is 9.56. The molecule has 2 aromatic rings. The Morgan fingerprint density at radius 3 is 1.04 bits per heavy atom. The molecule has 10 heteroatoms. The average molecular weight is 418 g/mol. The van der Waals surface area contributed by atoms with E-state index < -0.39 is 23.5 Å². The van der Waals surface area contributed by atoms with Crippen LogP contribution in [-0.2, 0) is 12.4 Å². The predicted octanol–water partition coefficient (Wildman–Crippen LogP) is 7.82. The summed E-state index contributed by atoms with van der Waals surface area (Å²) in [5.74, 6) is 0. The normalized spacial score (nSPS) is 12.4. The van der Waals surface area contributed by atoms with Gasteiger partial charge in [0.15, 0.2) is 0 Å². The van der Waals surface area contributed by atoms with Gasteiger partial charge in [0.05, 0.1) is 11.1 Å². The molecule has 2 aromatic carbocycles. The lowest BCUT2D eigenvalue weighted by atomic mass is 10.2. The van der Waals surface area contributed by atoms with Gasteiger partial charge in [-0.25, -0.2) is 0 Å². The van der Waals surface area contributed by atoms with Crippen molar-refractivity contribution in [2.75, 3.05) is 0 Å². The third kappa shape index (κ3) is 6.05. The zero-order valence-corrected chi connectivity index (χ0v) is 14.8. The van der Waals surface area contributed by atoms with E-state index in [2.05, 4.69) is 0 Å². The molecule has 2 rings (SSSR count). The maximum absolute atomic E-state index is 12.4.